The fourth-order valence-electron chi connectivity index (χ4n) is 3.17. The number of alkyl carbamates (subject to hydrolysis) is 1. The smallest absolute Gasteiger partial charge is 0.415 e. The number of cyclic esters (lactones) is 1. The van der Waals surface area contributed by atoms with E-state index in [9.17, 15) is 9.59 Å². The van der Waals surface area contributed by atoms with Gasteiger partial charge in [0.15, 0.2) is 0 Å². The molecular weight excluding hydrogens is 348 g/mol. The molecule has 2 aliphatic rings. The highest BCUT2D eigenvalue weighted by molar-refractivity contribution is 5.89. The third-order valence-corrected chi connectivity index (χ3v) is 4.51. The van der Waals surface area contributed by atoms with Gasteiger partial charge in [-0.1, -0.05) is 0 Å². The lowest BCUT2D eigenvalue weighted by Crippen LogP contribution is -2.32. The van der Waals surface area contributed by atoms with Crippen molar-refractivity contribution in [3.05, 3.63) is 29.5 Å². The van der Waals surface area contributed by atoms with Crippen molar-refractivity contribution in [2.45, 2.75) is 51.7 Å². The molecule has 144 valence electrons. The topological polar surface area (TPSA) is 85.2 Å². The summed E-state index contributed by atoms with van der Waals surface area (Å²) in [4.78, 5) is 25.5. The van der Waals surface area contributed by atoms with Gasteiger partial charge in [0.25, 0.3) is 0 Å². The number of nitrogens with zero attached hydrogens (tertiary/aromatic N) is 3. The molecule has 1 saturated carbocycles. The highest BCUT2D eigenvalue weighted by Gasteiger charge is 2.30. The number of hydrogen-bond donors (Lipinski definition) is 1. The van der Waals surface area contributed by atoms with Gasteiger partial charge in [0.2, 0.25) is 0 Å². The Bertz CT molecular complexity index is 895. The average molecular weight is 372 g/mol. The second-order valence-electron chi connectivity index (χ2n) is 8.01. The molecule has 0 atom stereocenters. The minimum atomic E-state index is -0.550. The van der Waals surface area contributed by atoms with Gasteiger partial charge in [0.1, 0.15) is 18.0 Å². The van der Waals surface area contributed by atoms with E-state index in [2.05, 4.69) is 16.5 Å². The molecule has 1 aliphatic heterocycles. The number of anilines is 1. The van der Waals surface area contributed by atoms with Crippen molar-refractivity contribution in [2.24, 2.45) is 0 Å². The van der Waals surface area contributed by atoms with Crippen molar-refractivity contribution in [1.82, 2.24) is 14.9 Å². The van der Waals surface area contributed by atoms with E-state index in [-0.39, 0.29) is 12.6 Å². The van der Waals surface area contributed by atoms with Crippen LogP contribution in [0.1, 0.15) is 50.8 Å². The molecule has 2 aromatic heterocycles. The molecule has 3 heterocycles. The predicted octanol–water partition coefficient (Wildman–Crippen LogP) is 3.19. The van der Waals surface area contributed by atoms with Gasteiger partial charge >= 0.3 is 12.2 Å². The van der Waals surface area contributed by atoms with Crippen molar-refractivity contribution < 1.29 is 19.1 Å². The van der Waals surface area contributed by atoms with Gasteiger partial charge in [-0.2, -0.15) is 5.10 Å². The molecule has 0 spiro atoms. The Hall–Kier alpha value is -2.77. The van der Waals surface area contributed by atoms with Crippen LogP contribution in [0, 0.1) is 0 Å². The number of carbonyl (C=O) groups excluding carboxylic acids is 2. The normalized spacial score (nSPS) is 17.3. The number of pyridine rings is 1. The maximum absolute atomic E-state index is 12.1. The molecule has 0 aromatic carbocycles. The summed E-state index contributed by atoms with van der Waals surface area (Å²) in [6.07, 6.45) is 1.50. The van der Waals surface area contributed by atoms with Gasteiger partial charge in [0.05, 0.1) is 24.3 Å². The third kappa shape index (κ3) is 3.84. The molecule has 4 rings (SSSR count). The van der Waals surface area contributed by atoms with Gasteiger partial charge in [-0.25, -0.2) is 14.1 Å². The first-order valence-electron chi connectivity index (χ1n) is 9.24. The maximum atomic E-state index is 12.1. The van der Waals surface area contributed by atoms with E-state index < -0.39 is 11.7 Å². The second-order valence-corrected chi connectivity index (χ2v) is 8.01. The number of nitrogens with one attached hydrogen (secondary N) is 1. The van der Waals surface area contributed by atoms with Crippen LogP contribution in [0.2, 0.25) is 0 Å². The average Bonchev–Trinajstić information content (AvgIpc) is 3.21. The van der Waals surface area contributed by atoms with Crippen LogP contribution >= 0.6 is 0 Å². The number of ether oxygens (including phenoxy) is 2. The Morgan fingerprint density at radius 3 is 2.74 bits per heavy atom. The van der Waals surface area contributed by atoms with E-state index in [1.54, 1.807) is 9.42 Å². The van der Waals surface area contributed by atoms with E-state index in [0.717, 1.165) is 5.52 Å². The van der Waals surface area contributed by atoms with Crippen molar-refractivity contribution >= 4 is 23.5 Å². The number of amides is 2. The second kappa shape index (κ2) is 6.44. The van der Waals surface area contributed by atoms with E-state index in [0.29, 0.717) is 30.6 Å². The van der Waals surface area contributed by atoms with Crippen LogP contribution in [0.25, 0.3) is 5.52 Å². The number of fused-ring (bicyclic) bond motifs is 1. The summed E-state index contributed by atoms with van der Waals surface area (Å²) in [5.74, 6) is 1.26. The van der Waals surface area contributed by atoms with Gasteiger partial charge in [-0.15, -0.1) is 0 Å². The lowest BCUT2D eigenvalue weighted by molar-refractivity contribution is 0.0523. The molecule has 0 radical (unpaired) electrons. The molecule has 2 fully saturated rings. The number of rotatable bonds is 4. The van der Waals surface area contributed by atoms with E-state index in [4.69, 9.17) is 9.47 Å². The quantitative estimate of drug-likeness (QED) is 0.891. The molecule has 2 aromatic rings. The van der Waals surface area contributed by atoms with Gasteiger partial charge in [0, 0.05) is 0 Å². The summed E-state index contributed by atoms with van der Waals surface area (Å²) >= 11 is 0. The zero-order valence-corrected chi connectivity index (χ0v) is 15.8. The van der Waals surface area contributed by atoms with E-state index >= 15 is 0 Å². The zero-order chi connectivity index (χ0) is 19.2. The fraction of sp³-hybridized carbons (Fsp3) is 0.526. The van der Waals surface area contributed by atoms with Crippen molar-refractivity contribution in [3.63, 3.8) is 0 Å². The molecule has 8 heteroatoms. The number of aromatic nitrogens is 2. The standard InChI is InChI=1S/C19H24N4O4/c1-19(2,3)27-17(24)20-11-14-10-15-8-13(12-4-5-12)9-16(23(15)21-14)22-6-7-26-18(22)25/h8-10,12H,4-7,11H2,1-3H3,(H,20,24). The lowest BCUT2D eigenvalue weighted by Gasteiger charge is -2.19. The maximum Gasteiger partial charge on any atom is 0.415 e. The van der Waals surface area contributed by atoms with E-state index in [1.165, 1.54) is 18.4 Å². The summed E-state index contributed by atoms with van der Waals surface area (Å²) in [7, 11) is 0. The van der Waals surface area contributed by atoms with Crippen LogP contribution in [0.15, 0.2) is 18.2 Å². The molecule has 0 bridgehead atoms. The predicted molar refractivity (Wildman–Crippen MR) is 98.9 cm³/mol. The number of carbonyl (C=O) groups is 2. The van der Waals surface area contributed by atoms with Crippen LogP contribution < -0.4 is 10.2 Å². The van der Waals surface area contributed by atoms with Gasteiger partial charge in [-0.3, -0.25) is 4.90 Å². The Kier molecular flexibility index (Phi) is 4.20. The molecule has 0 unspecified atom stereocenters. The van der Waals surface area contributed by atoms with Crippen LogP contribution in [0.5, 0.6) is 0 Å². The fourth-order valence-corrected chi connectivity index (χ4v) is 3.17. The summed E-state index contributed by atoms with van der Waals surface area (Å²) in [5.41, 5.74) is 2.26. The van der Waals surface area contributed by atoms with E-state index in [1.807, 2.05) is 32.9 Å². The van der Waals surface area contributed by atoms with Crippen LogP contribution in [0.4, 0.5) is 15.4 Å². The molecule has 27 heavy (non-hydrogen) atoms. The monoisotopic (exact) mass is 372 g/mol. The van der Waals surface area contributed by atoms with Crippen molar-refractivity contribution in [3.8, 4) is 0 Å². The Balaban J connectivity index is 1.60. The molecule has 1 aliphatic carbocycles. The summed E-state index contributed by atoms with van der Waals surface area (Å²) < 4.78 is 12.1. The SMILES string of the molecule is CC(C)(C)OC(=O)NCc1cc2cc(C3CC3)cc(N3CCOC3=O)n2n1. The highest BCUT2D eigenvalue weighted by atomic mass is 16.6. The number of hydrogen-bond acceptors (Lipinski definition) is 5. The van der Waals surface area contributed by atoms with Crippen LogP contribution in [-0.2, 0) is 16.0 Å². The van der Waals surface area contributed by atoms with Crippen molar-refractivity contribution in [2.75, 3.05) is 18.1 Å². The van der Waals surface area contributed by atoms with Crippen LogP contribution in [-0.4, -0.2) is 40.6 Å². The van der Waals surface area contributed by atoms with Crippen LogP contribution in [0.3, 0.4) is 0 Å². The summed E-state index contributed by atoms with van der Waals surface area (Å²) in [6, 6.07) is 6.05. The third-order valence-electron chi connectivity index (χ3n) is 4.51. The Morgan fingerprint density at radius 1 is 1.33 bits per heavy atom. The molecular formula is C19H24N4O4. The molecule has 1 N–H and O–H groups in total. The minimum absolute atomic E-state index is 0.249. The van der Waals surface area contributed by atoms with Gasteiger partial charge < -0.3 is 14.8 Å². The first kappa shape index (κ1) is 17.6. The van der Waals surface area contributed by atoms with Gasteiger partial charge in [-0.05, 0) is 63.3 Å². The molecule has 8 nitrogen and oxygen atoms in total. The first-order chi connectivity index (χ1) is 12.8. The first-order valence-corrected chi connectivity index (χ1v) is 9.24. The minimum Gasteiger partial charge on any atom is -0.447 e. The van der Waals surface area contributed by atoms with Crippen molar-refractivity contribution in [1.29, 1.82) is 0 Å². The summed E-state index contributed by atoms with van der Waals surface area (Å²) in [5, 5.41) is 7.30. The largest absolute Gasteiger partial charge is 0.447 e. The lowest BCUT2D eigenvalue weighted by atomic mass is 10.1. The highest BCUT2D eigenvalue weighted by Crippen LogP contribution is 2.42. The zero-order valence-electron chi connectivity index (χ0n) is 15.8. The summed E-state index contributed by atoms with van der Waals surface area (Å²) in [6.45, 7) is 6.59. The Labute approximate surface area is 157 Å². The molecule has 1 saturated heterocycles. The Morgan fingerprint density at radius 2 is 2.11 bits per heavy atom. The molecule has 2 amide bonds.